The molecule has 3 aromatic carbocycles. The van der Waals surface area contributed by atoms with Crippen molar-refractivity contribution in [1.82, 2.24) is 10.2 Å². The Bertz CT molecular complexity index is 1450. The molecule has 40 heavy (non-hydrogen) atoms. The highest BCUT2D eigenvalue weighted by Crippen LogP contribution is 2.23. The Labute approximate surface area is 239 Å². The van der Waals surface area contributed by atoms with Crippen molar-refractivity contribution < 1.29 is 18.0 Å². The zero-order chi connectivity index (χ0) is 29.7. The summed E-state index contributed by atoms with van der Waals surface area (Å²) in [5.41, 5.74) is 4.60. The average Bonchev–Trinajstić information content (AvgIpc) is 2.85. The second-order valence-corrected chi connectivity index (χ2v) is 13.4. The van der Waals surface area contributed by atoms with Crippen LogP contribution in [0.15, 0.2) is 72.8 Å². The van der Waals surface area contributed by atoms with Gasteiger partial charge in [-0.25, -0.2) is 8.42 Å². The zero-order valence-electron chi connectivity index (χ0n) is 24.6. The van der Waals surface area contributed by atoms with Gasteiger partial charge in [0, 0.05) is 18.5 Å². The molecule has 7 nitrogen and oxygen atoms in total. The molecule has 0 radical (unpaired) electrons. The van der Waals surface area contributed by atoms with Crippen molar-refractivity contribution in [3.63, 3.8) is 0 Å². The number of aryl methyl sites for hydroxylation is 3. The second kappa shape index (κ2) is 12.7. The maximum Gasteiger partial charge on any atom is 0.244 e. The van der Waals surface area contributed by atoms with E-state index in [0.29, 0.717) is 5.69 Å². The molecule has 8 heteroatoms. The Morgan fingerprint density at radius 2 is 1.50 bits per heavy atom. The highest BCUT2D eigenvalue weighted by atomic mass is 32.2. The van der Waals surface area contributed by atoms with Crippen molar-refractivity contribution in [1.29, 1.82) is 0 Å². The van der Waals surface area contributed by atoms with Gasteiger partial charge >= 0.3 is 0 Å². The standard InChI is InChI=1S/C32H41N3O4S/c1-23-12-11-15-27(18-23)21-34(29(31(37)33-32(4,5)6)20-26-13-9-8-10-14-26)30(36)22-35(40(7,38)39)28-17-16-24(2)25(3)19-28/h8-19,29H,20-22H2,1-7H3,(H,33,37). The molecule has 3 aromatic rings. The Morgan fingerprint density at radius 3 is 2.08 bits per heavy atom. The summed E-state index contributed by atoms with van der Waals surface area (Å²) in [5, 5.41) is 3.04. The summed E-state index contributed by atoms with van der Waals surface area (Å²) in [4.78, 5) is 29.4. The first-order chi connectivity index (χ1) is 18.6. The molecule has 0 aliphatic carbocycles. The van der Waals surface area contributed by atoms with E-state index in [1.54, 1.807) is 12.1 Å². The van der Waals surface area contributed by atoms with E-state index in [0.717, 1.165) is 38.4 Å². The largest absolute Gasteiger partial charge is 0.350 e. The van der Waals surface area contributed by atoms with Crippen LogP contribution in [0, 0.1) is 20.8 Å². The lowest BCUT2D eigenvalue weighted by Gasteiger charge is -2.35. The minimum absolute atomic E-state index is 0.153. The number of hydrogen-bond donors (Lipinski definition) is 1. The number of sulfonamides is 1. The molecule has 1 unspecified atom stereocenters. The molecule has 2 amide bonds. The highest BCUT2D eigenvalue weighted by Gasteiger charge is 2.34. The molecule has 0 aromatic heterocycles. The SMILES string of the molecule is Cc1cccc(CN(C(=O)CN(c2ccc(C)c(C)c2)S(C)(=O)=O)C(Cc2ccccc2)C(=O)NC(C)(C)C)c1. The fraction of sp³-hybridized carbons (Fsp3) is 0.375. The van der Waals surface area contributed by atoms with E-state index in [-0.39, 0.29) is 18.9 Å². The van der Waals surface area contributed by atoms with Gasteiger partial charge in [-0.15, -0.1) is 0 Å². The summed E-state index contributed by atoms with van der Waals surface area (Å²) in [6, 6.07) is 21.7. The first kappa shape index (κ1) is 30.9. The van der Waals surface area contributed by atoms with Crippen molar-refractivity contribution in [2.45, 2.75) is 66.1 Å². The Morgan fingerprint density at radius 1 is 0.850 bits per heavy atom. The molecule has 0 aliphatic heterocycles. The molecular formula is C32H41N3O4S. The van der Waals surface area contributed by atoms with Crippen LogP contribution in [0.25, 0.3) is 0 Å². The van der Waals surface area contributed by atoms with Gasteiger partial charge in [-0.3, -0.25) is 13.9 Å². The monoisotopic (exact) mass is 563 g/mol. The number of hydrogen-bond acceptors (Lipinski definition) is 4. The van der Waals surface area contributed by atoms with Gasteiger partial charge in [0.25, 0.3) is 0 Å². The Kier molecular flexibility index (Phi) is 9.79. The third kappa shape index (κ3) is 8.68. The van der Waals surface area contributed by atoms with Gasteiger partial charge < -0.3 is 10.2 Å². The minimum atomic E-state index is -3.80. The Hall–Kier alpha value is -3.65. The van der Waals surface area contributed by atoms with Crippen LogP contribution in [0.5, 0.6) is 0 Å². The average molecular weight is 564 g/mol. The van der Waals surface area contributed by atoms with Gasteiger partial charge in [0.2, 0.25) is 21.8 Å². The number of carbonyl (C=O) groups excluding carboxylic acids is 2. The van der Waals surface area contributed by atoms with E-state index < -0.39 is 34.1 Å². The number of nitrogens with zero attached hydrogens (tertiary/aromatic N) is 2. The van der Waals surface area contributed by atoms with Crippen LogP contribution in [0.3, 0.4) is 0 Å². The molecule has 0 saturated carbocycles. The smallest absolute Gasteiger partial charge is 0.244 e. The van der Waals surface area contributed by atoms with Crippen molar-refractivity contribution in [2.75, 3.05) is 17.1 Å². The third-order valence-electron chi connectivity index (χ3n) is 6.66. The molecule has 3 rings (SSSR count). The number of nitrogens with one attached hydrogen (secondary N) is 1. The van der Waals surface area contributed by atoms with Crippen LogP contribution in [0.1, 0.15) is 48.6 Å². The lowest BCUT2D eigenvalue weighted by molar-refractivity contribution is -0.140. The van der Waals surface area contributed by atoms with Crippen molar-refractivity contribution >= 4 is 27.5 Å². The van der Waals surface area contributed by atoms with Crippen LogP contribution >= 0.6 is 0 Å². The van der Waals surface area contributed by atoms with E-state index in [9.17, 15) is 18.0 Å². The van der Waals surface area contributed by atoms with Crippen LogP contribution in [0.4, 0.5) is 5.69 Å². The van der Waals surface area contributed by atoms with E-state index in [1.165, 1.54) is 4.90 Å². The lowest BCUT2D eigenvalue weighted by atomic mass is 10.0. The summed E-state index contributed by atoms with van der Waals surface area (Å²) < 4.78 is 27.0. The molecule has 0 aliphatic rings. The summed E-state index contributed by atoms with van der Waals surface area (Å²) in [5.74, 6) is -0.760. The highest BCUT2D eigenvalue weighted by molar-refractivity contribution is 7.92. The van der Waals surface area contributed by atoms with E-state index >= 15 is 0 Å². The van der Waals surface area contributed by atoms with Gasteiger partial charge in [0.1, 0.15) is 12.6 Å². The number of rotatable bonds is 10. The zero-order valence-corrected chi connectivity index (χ0v) is 25.4. The van der Waals surface area contributed by atoms with Crippen LogP contribution in [0.2, 0.25) is 0 Å². The number of benzene rings is 3. The summed E-state index contributed by atoms with van der Waals surface area (Å²) >= 11 is 0. The Balaban J connectivity index is 2.09. The summed E-state index contributed by atoms with van der Waals surface area (Å²) in [7, 11) is -3.80. The van der Waals surface area contributed by atoms with Crippen LogP contribution in [-0.2, 0) is 32.6 Å². The van der Waals surface area contributed by atoms with Gasteiger partial charge in [-0.1, -0.05) is 66.2 Å². The van der Waals surface area contributed by atoms with Gasteiger partial charge in [0.05, 0.1) is 11.9 Å². The summed E-state index contributed by atoms with van der Waals surface area (Å²) in [6.07, 6.45) is 1.37. The molecule has 0 saturated heterocycles. The molecular weight excluding hydrogens is 522 g/mol. The molecule has 1 atom stereocenters. The predicted molar refractivity (Wildman–Crippen MR) is 162 cm³/mol. The van der Waals surface area contributed by atoms with E-state index in [4.69, 9.17) is 0 Å². The van der Waals surface area contributed by atoms with Crippen molar-refractivity contribution in [2.24, 2.45) is 0 Å². The maximum atomic E-state index is 14.2. The van der Waals surface area contributed by atoms with E-state index in [1.807, 2.05) is 102 Å². The van der Waals surface area contributed by atoms with Gasteiger partial charge in [0.15, 0.2) is 0 Å². The molecule has 1 N–H and O–H groups in total. The van der Waals surface area contributed by atoms with Crippen molar-refractivity contribution in [3.8, 4) is 0 Å². The molecule has 0 bridgehead atoms. The normalized spacial score (nSPS) is 12.5. The third-order valence-corrected chi connectivity index (χ3v) is 7.80. The predicted octanol–water partition coefficient (Wildman–Crippen LogP) is 4.93. The van der Waals surface area contributed by atoms with E-state index in [2.05, 4.69) is 5.32 Å². The first-order valence-electron chi connectivity index (χ1n) is 13.4. The van der Waals surface area contributed by atoms with Gasteiger partial charge in [-0.2, -0.15) is 0 Å². The molecule has 0 spiro atoms. The number of anilines is 1. The first-order valence-corrected chi connectivity index (χ1v) is 15.2. The second-order valence-electron chi connectivity index (χ2n) is 11.5. The number of amides is 2. The fourth-order valence-corrected chi connectivity index (χ4v) is 5.35. The number of carbonyl (C=O) groups is 2. The lowest BCUT2D eigenvalue weighted by Crippen LogP contribution is -2.56. The molecule has 0 fully saturated rings. The summed E-state index contributed by atoms with van der Waals surface area (Å²) in [6.45, 7) is 11.2. The quantitative estimate of drug-likeness (QED) is 0.379. The molecule has 214 valence electrons. The van der Waals surface area contributed by atoms with Gasteiger partial charge in [-0.05, 0) is 75.9 Å². The minimum Gasteiger partial charge on any atom is -0.350 e. The van der Waals surface area contributed by atoms with Crippen LogP contribution < -0.4 is 9.62 Å². The van der Waals surface area contributed by atoms with Crippen molar-refractivity contribution in [3.05, 3.63) is 101 Å². The van der Waals surface area contributed by atoms with Crippen LogP contribution in [-0.4, -0.2) is 49.5 Å². The topological polar surface area (TPSA) is 86.8 Å². The fourth-order valence-electron chi connectivity index (χ4n) is 4.51. The maximum absolute atomic E-state index is 14.2. The molecule has 0 heterocycles.